The molecule has 5 rings (SSSR count). The fraction of sp³-hybridized carbons (Fsp3) is 0.0769. The van der Waals surface area contributed by atoms with E-state index in [1.807, 2.05) is 32.0 Å². The summed E-state index contributed by atoms with van der Waals surface area (Å²) in [5.41, 5.74) is 5.39. The predicted octanol–water partition coefficient (Wildman–Crippen LogP) is 6.21. The maximum atomic E-state index is 14.7. The maximum absolute atomic E-state index is 14.7. The summed E-state index contributed by atoms with van der Waals surface area (Å²) in [7, 11) is 0. The number of halogens is 1. The Kier molecular flexibility index (Phi) is 4.44. The largest absolute Gasteiger partial charge is 0.507 e. The number of H-pyrrole nitrogens is 1. The first-order valence-electron chi connectivity index (χ1n) is 10.1. The van der Waals surface area contributed by atoms with Gasteiger partial charge in [0.2, 0.25) is 0 Å². The molecule has 1 aromatic heterocycles. The Morgan fingerprint density at radius 1 is 0.938 bits per heavy atom. The second-order valence-corrected chi connectivity index (χ2v) is 7.94. The summed E-state index contributed by atoms with van der Waals surface area (Å²) in [5, 5.41) is 20.8. The lowest BCUT2D eigenvalue weighted by Crippen LogP contribution is -1.95. The van der Waals surface area contributed by atoms with Crippen LogP contribution in [-0.2, 0) is 0 Å². The summed E-state index contributed by atoms with van der Waals surface area (Å²) < 4.78 is 14.7. The van der Waals surface area contributed by atoms with Gasteiger partial charge in [0.15, 0.2) is 0 Å². The molecule has 158 valence electrons. The Hall–Kier alpha value is -4.19. The van der Waals surface area contributed by atoms with Gasteiger partial charge in [-0.25, -0.2) is 14.2 Å². The summed E-state index contributed by atoms with van der Waals surface area (Å²) in [6.07, 6.45) is 0. The Morgan fingerprint density at radius 2 is 1.72 bits per heavy atom. The molecule has 0 amide bonds. The molecule has 0 fully saturated rings. The summed E-state index contributed by atoms with van der Waals surface area (Å²) in [6.45, 7) is 4.01. The fourth-order valence-corrected chi connectivity index (χ4v) is 3.97. The monoisotopic (exact) mass is 426 g/mol. The van der Waals surface area contributed by atoms with Crippen molar-refractivity contribution in [1.82, 2.24) is 9.97 Å². The maximum Gasteiger partial charge on any atom is 0.335 e. The fourth-order valence-electron chi connectivity index (χ4n) is 3.97. The molecule has 32 heavy (non-hydrogen) atoms. The Balaban J connectivity index is 1.67. The van der Waals surface area contributed by atoms with Crippen molar-refractivity contribution in [1.29, 1.82) is 0 Å². The van der Waals surface area contributed by atoms with Crippen LogP contribution in [0.5, 0.6) is 5.75 Å². The van der Waals surface area contributed by atoms with Crippen LogP contribution < -0.4 is 0 Å². The number of phenols is 1. The van der Waals surface area contributed by atoms with Gasteiger partial charge in [-0.1, -0.05) is 24.3 Å². The van der Waals surface area contributed by atoms with E-state index in [2.05, 4.69) is 9.97 Å². The van der Waals surface area contributed by atoms with Crippen LogP contribution in [0.2, 0.25) is 0 Å². The Morgan fingerprint density at radius 3 is 2.47 bits per heavy atom. The molecule has 6 heteroatoms. The first-order chi connectivity index (χ1) is 15.3. The van der Waals surface area contributed by atoms with Crippen LogP contribution in [0.1, 0.15) is 21.5 Å². The van der Waals surface area contributed by atoms with E-state index in [-0.39, 0.29) is 17.1 Å². The zero-order valence-electron chi connectivity index (χ0n) is 17.4. The Bertz CT molecular complexity index is 1550. The van der Waals surface area contributed by atoms with E-state index in [9.17, 15) is 19.4 Å². The predicted molar refractivity (Wildman–Crippen MR) is 123 cm³/mol. The molecule has 0 spiro atoms. The summed E-state index contributed by atoms with van der Waals surface area (Å²) >= 11 is 0. The first kappa shape index (κ1) is 19.8. The van der Waals surface area contributed by atoms with Crippen LogP contribution in [0, 0.1) is 19.7 Å². The summed E-state index contributed by atoms with van der Waals surface area (Å²) in [5.74, 6) is -1.06. The zero-order valence-corrected chi connectivity index (χ0v) is 17.4. The molecule has 3 N–H and O–H groups in total. The molecular weight excluding hydrogens is 407 g/mol. The van der Waals surface area contributed by atoms with Gasteiger partial charge >= 0.3 is 5.97 Å². The van der Waals surface area contributed by atoms with Crippen molar-refractivity contribution >= 4 is 27.8 Å². The number of rotatable bonds is 3. The van der Waals surface area contributed by atoms with Gasteiger partial charge in [0.05, 0.1) is 16.5 Å². The van der Waals surface area contributed by atoms with E-state index >= 15 is 0 Å². The lowest BCUT2D eigenvalue weighted by Gasteiger charge is -2.08. The zero-order chi connectivity index (χ0) is 22.6. The highest BCUT2D eigenvalue weighted by Gasteiger charge is 2.16. The summed E-state index contributed by atoms with van der Waals surface area (Å²) in [4.78, 5) is 19.2. The first-order valence-corrected chi connectivity index (χ1v) is 10.1. The third-order valence-electron chi connectivity index (χ3n) is 5.85. The number of nitrogens with zero attached hydrogens (tertiary/aromatic N) is 1. The van der Waals surface area contributed by atoms with E-state index in [0.29, 0.717) is 38.8 Å². The van der Waals surface area contributed by atoms with Crippen molar-refractivity contribution in [2.75, 3.05) is 0 Å². The number of carboxylic acids is 1. The highest BCUT2D eigenvalue weighted by atomic mass is 19.1. The van der Waals surface area contributed by atoms with Gasteiger partial charge in [0.25, 0.3) is 0 Å². The highest BCUT2D eigenvalue weighted by Crippen LogP contribution is 2.35. The van der Waals surface area contributed by atoms with Crippen molar-refractivity contribution in [2.45, 2.75) is 13.8 Å². The topological polar surface area (TPSA) is 86.2 Å². The molecule has 0 aliphatic heterocycles. The molecule has 0 bridgehead atoms. The average molecular weight is 426 g/mol. The lowest BCUT2D eigenvalue weighted by atomic mass is 9.98. The SMILES string of the molecule is Cc1ccc(-c2cc(-c3nc4c(ccc5cc(C(=O)O)cc(O)c54)[nH]3)ccc2F)cc1C. The lowest BCUT2D eigenvalue weighted by molar-refractivity contribution is 0.0696. The van der Waals surface area contributed by atoms with E-state index in [4.69, 9.17) is 0 Å². The molecule has 0 radical (unpaired) electrons. The van der Waals surface area contributed by atoms with Crippen LogP contribution in [0.4, 0.5) is 4.39 Å². The van der Waals surface area contributed by atoms with Crippen LogP contribution >= 0.6 is 0 Å². The number of phenolic OH excluding ortho intramolecular Hbond substituents is 1. The van der Waals surface area contributed by atoms with Crippen LogP contribution in [0.25, 0.3) is 44.3 Å². The molecule has 4 aromatic carbocycles. The van der Waals surface area contributed by atoms with Gasteiger partial charge in [-0.05, 0) is 72.3 Å². The number of aromatic carboxylic acids is 1. The van der Waals surface area contributed by atoms with Gasteiger partial charge in [-0.2, -0.15) is 0 Å². The normalized spacial score (nSPS) is 11.3. The minimum absolute atomic E-state index is 0.00155. The van der Waals surface area contributed by atoms with Gasteiger partial charge < -0.3 is 15.2 Å². The Labute approximate surface area is 182 Å². The summed E-state index contributed by atoms with van der Waals surface area (Å²) in [6, 6.07) is 16.9. The number of carbonyl (C=O) groups is 1. The molecule has 0 unspecified atom stereocenters. The van der Waals surface area contributed by atoms with Crippen molar-refractivity contribution < 1.29 is 19.4 Å². The van der Waals surface area contributed by atoms with Crippen LogP contribution in [-0.4, -0.2) is 26.2 Å². The quantitative estimate of drug-likeness (QED) is 0.320. The van der Waals surface area contributed by atoms with E-state index in [1.165, 1.54) is 18.2 Å². The molecule has 5 nitrogen and oxygen atoms in total. The third kappa shape index (κ3) is 3.17. The van der Waals surface area contributed by atoms with Crippen LogP contribution in [0.15, 0.2) is 60.7 Å². The van der Waals surface area contributed by atoms with Crippen molar-refractivity contribution in [3.05, 3.63) is 83.2 Å². The van der Waals surface area contributed by atoms with E-state index in [0.717, 1.165) is 16.7 Å². The molecule has 0 aliphatic carbocycles. The number of aromatic amines is 1. The van der Waals surface area contributed by atoms with Gasteiger partial charge in [-0.15, -0.1) is 0 Å². The molecule has 1 heterocycles. The third-order valence-corrected chi connectivity index (χ3v) is 5.85. The van der Waals surface area contributed by atoms with Gasteiger partial charge in [0.1, 0.15) is 22.9 Å². The number of aryl methyl sites for hydroxylation is 2. The number of carboxylic acid groups (broad SMARTS) is 1. The molecular formula is C26H19FN2O3. The molecule has 5 aromatic rings. The van der Waals surface area contributed by atoms with Gasteiger partial charge in [-0.3, -0.25) is 0 Å². The average Bonchev–Trinajstić information content (AvgIpc) is 3.20. The van der Waals surface area contributed by atoms with Gasteiger partial charge in [0, 0.05) is 11.1 Å². The number of hydrogen-bond donors (Lipinski definition) is 3. The molecule has 0 atom stereocenters. The van der Waals surface area contributed by atoms with Crippen molar-refractivity contribution in [3.8, 4) is 28.3 Å². The number of hydrogen-bond acceptors (Lipinski definition) is 3. The molecule has 0 saturated carbocycles. The minimum Gasteiger partial charge on any atom is -0.507 e. The van der Waals surface area contributed by atoms with Crippen molar-refractivity contribution in [3.63, 3.8) is 0 Å². The number of aromatic hydroxyl groups is 1. The number of aromatic nitrogens is 2. The van der Waals surface area contributed by atoms with E-state index < -0.39 is 5.97 Å². The molecule has 0 aliphatic rings. The smallest absolute Gasteiger partial charge is 0.335 e. The second kappa shape index (κ2) is 7.20. The standard InChI is InChI=1S/C26H19FN2O3/c1-13-3-4-15(9-14(13)2)19-11-17(5-7-20(19)27)25-28-21-8-6-16-10-18(26(31)32)12-22(30)23(16)24(21)29-25/h3-12,30H,1-2H3,(H,28,29)(H,31,32). The minimum atomic E-state index is -1.12. The second-order valence-electron chi connectivity index (χ2n) is 7.94. The molecule has 0 saturated heterocycles. The number of fused-ring (bicyclic) bond motifs is 3. The number of benzene rings is 4. The van der Waals surface area contributed by atoms with E-state index in [1.54, 1.807) is 24.3 Å². The van der Waals surface area contributed by atoms with Crippen LogP contribution in [0.3, 0.4) is 0 Å². The van der Waals surface area contributed by atoms with Crippen molar-refractivity contribution in [2.24, 2.45) is 0 Å². The number of nitrogens with one attached hydrogen (secondary N) is 1. The highest BCUT2D eigenvalue weighted by molar-refractivity contribution is 6.10. The number of imidazole rings is 1.